The Balaban J connectivity index is 0.993. The molecule has 0 spiro atoms. The van der Waals surface area contributed by atoms with Gasteiger partial charge in [-0.25, -0.2) is 0 Å². The Morgan fingerprint density at radius 2 is 0.820 bits per heavy atom. The molecule has 290 valence electrons. The number of hydrogen-bond donors (Lipinski definition) is 0. The van der Waals surface area contributed by atoms with Crippen LogP contribution in [0.2, 0.25) is 0 Å². The summed E-state index contributed by atoms with van der Waals surface area (Å²) in [4.78, 5) is 2.39. The van der Waals surface area contributed by atoms with Gasteiger partial charge in [-0.1, -0.05) is 178 Å². The zero-order chi connectivity index (χ0) is 40.9. The molecule has 2 aliphatic rings. The predicted molar refractivity (Wildman–Crippen MR) is 254 cm³/mol. The van der Waals surface area contributed by atoms with Gasteiger partial charge in [-0.15, -0.1) is 0 Å². The first-order valence-corrected chi connectivity index (χ1v) is 21.3. The van der Waals surface area contributed by atoms with Gasteiger partial charge >= 0.3 is 0 Å². The van der Waals surface area contributed by atoms with E-state index >= 15 is 0 Å². The molecule has 0 unspecified atom stereocenters. The molecular formula is C59H43NO. The summed E-state index contributed by atoms with van der Waals surface area (Å²) < 4.78 is 7.10. The molecule has 61 heavy (non-hydrogen) atoms. The SMILES string of the molecule is CC1(C)c2ccccc2-c2ccc(N(c3ccc(-c4ccc(-c5ccccc5)cc4)cc3)c3ccc4c(c3)oc3c(C5(C)c6ccccc6-c6ccccc65)cccc34)cc21. The minimum Gasteiger partial charge on any atom is -0.456 e. The van der Waals surface area contributed by atoms with E-state index in [4.69, 9.17) is 4.42 Å². The summed E-state index contributed by atoms with van der Waals surface area (Å²) in [5.41, 5.74) is 21.1. The van der Waals surface area contributed by atoms with Crippen molar-refractivity contribution in [2.75, 3.05) is 4.90 Å². The van der Waals surface area contributed by atoms with Gasteiger partial charge in [0, 0.05) is 50.3 Å². The van der Waals surface area contributed by atoms with E-state index in [1.165, 1.54) is 72.3 Å². The first kappa shape index (κ1) is 35.5. The molecule has 0 N–H and O–H groups in total. The van der Waals surface area contributed by atoms with Gasteiger partial charge in [0.15, 0.2) is 0 Å². The van der Waals surface area contributed by atoms with Crippen LogP contribution >= 0.6 is 0 Å². The zero-order valence-corrected chi connectivity index (χ0v) is 34.5. The van der Waals surface area contributed by atoms with Gasteiger partial charge in [-0.2, -0.15) is 0 Å². The van der Waals surface area contributed by atoms with E-state index in [0.717, 1.165) is 39.0 Å². The Morgan fingerprint density at radius 3 is 1.48 bits per heavy atom. The van der Waals surface area contributed by atoms with Crippen LogP contribution in [0.25, 0.3) is 66.4 Å². The molecule has 0 saturated heterocycles. The highest BCUT2D eigenvalue weighted by atomic mass is 16.3. The highest BCUT2D eigenvalue weighted by molar-refractivity contribution is 6.08. The second-order valence-corrected chi connectivity index (χ2v) is 17.4. The van der Waals surface area contributed by atoms with Crippen molar-refractivity contribution >= 4 is 39.0 Å². The van der Waals surface area contributed by atoms with Crippen molar-refractivity contribution in [1.82, 2.24) is 0 Å². The van der Waals surface area contributed by atoms with Crippen molar-refractivity contribution in [2.24, 2.45) is 0 Å². The summed E-state index contributed by atoms with van der Waals surface area (Å²) in [5.74, 6) is 0. The van der Waals surface area contributed by atoms with Crippen LogP contribution in [-0.2, 0) is 10.8 Å². The fourth-order valence-corrected chi connectivity index (χ4v) is 10.6. The van der Waals surface area contributed by atoms with Crippen molar-refractivity contribution in [3.63, 3.8) is 0 Å². The molecule has 0 radical (unpaired) electrons. The van der Waals surface area contributed by atoms with Crippen LogP contribution < -0.4 is 4.90 Å². The first-order valence-electron chi connectivity index (χ1n) is 21.3. The maximum Gasteiger partial charge on any atom is 0.139 e. The van der Waals surface area contributed by atoms with Crippen LogP contribution in [0, 0.1) is 0 Å². The number of anilines is 3. The maximum atomic E-state index is 7.10. The minimum atomic E-state index is -0.367. The number of fused-ring (bicyclic) bond motifs is 9. The molecule has 0 amide bonds. The van der Waals surface area contributed by atoms with E-state index in [0.29, 0.717) is 0 Å². The van der Waals surface area contributed by atoms with Gasteiger partial charge in [0.05, 0.1) is 0 Å². The molecular weight excluding hydrogens is 739 g/mol. The summed E-state index contributed by atoms with van der Waals surface area (Å²) in [5, 5.41) is 2.25. The quantitative estimate of drug-likeness (QED) is 0.167. The number of hydrogen-bond acceptors (Lipinski definition) is 2. The van der Waals surface area contributed by atoms with Crippen molar-refractivity contribution in [3.05, 3.63) is 234 Å². The number of para-hydroxylation sites is 1. The molecule has 1 heterocycles. The summed E-state index contributed by atoms with van der Waals surface area (Å²) >= 11 is 0. The van der Waals surface area contributed by atoms with E-state index < -0.39 is 0 Å². The highest BCUT2D eigenvalue weighted by Crippen LogP contribution is 2.55. The fraction of sp³-hybridized carbons (Fsp3) is 0.0847. The zero-order valence-electron chi connectivity index (χ0n) is 34.5. The molecule has 1 aromatic heterocycles. The molecule has 0 aliphatic heterocycles. The second-order valence-electron chi connectivity index (χ2n) is 17.4. The van der Waals surface area contributed by atoms with Crippen LogP contribution in [0.15, 0.2) is 211 Å². The van der Waals surface area contributed by atoms with Crippen molar-refractivity contribution < 1.29 is 4.42 Å². The van der Waals surface area contributed by atoms with Gasteiger partial charge in [-0.05, 0) is 110 Å². The normalized spacial score (nSPS) is 14.1. The first-order chi connectivity index (χ1) is 29.9. The van der Waals surface area contributed by atoms with Gasteiger partial charge in [0.2, 0.25) is 0 Å². The minimum absolute atomic E-state index is 0.129. The van der Waals surface area contributed by atoms with Crippen LogP contribution in [0.3, 0.4) is 0 Å². The molecule has 10 aromatic rings. The maximum absolute atomic E-state index is 7.10. The largest absolute Gasteiger partial charge is 0.456 e. The lowest BCUT2D eigenvalue weighted by atomic mass is 9.74. The lowest BCUT2D eigenvalue weighted by Crippen LogP contribution is -2.22. The van der Waals surface area contributed by atoms with Gasteiger partial charge in [0.25, 0.3) is 0 Å². The molecule has 2 heteroatoms. The molecule has 0 saturated carbocycles. The van der Waals surface area contributed by atoms with Gasteiger partial charge in [0.1, 0.15) is 11.2 Å². The molecule has 0 fully saturated rings. The summed E-state index contributed by atoms with van der Waals surface area (Å²) in [6.45, 7) is 7.06. The topological polar surface area (TPSA) is 16.4 Å². The van der Waals surface area contributed by atoms with E-state index in [-0.39, 0.29) is 10.8 Å². The Bertz CT molecular complexity index is 3290. The average Bonchev–Trinajstić information content (AvgIpc) is 3.90. The van der Waals surface area contributed by atoms with Crippen molar-refractivity contribution in [1.29, 1.82) is 0 Å². The third kappa shape index (κ3) is 5.28. The van der Waals surface area contributed by atoms with Crippen molar-refractivity contribution in [3.8, 4) is 44.5 Å². The molecule has 9 aromatic carbocycles. The molecule has 0 atom stereocenters. The van der Waals surface area contributed by atoms with Gasteiger partial charge in [-0.3, -0.25) is 0 Å². The van der Waals surface area contributed by atoms with Crippen molar-refractivity contribution in [2.45, 2.75) is 31.6 Å². The number of nitrogens with zero attached hydrogens (tertiary/aromatic N) is 1. The number of furan rings is 1. The standard InChI is InChI=1S/C59H43NO/c1-58(2)51-20-10-7-16-45(51)48-34-32-43(36-55(48)58)60(42-30-28-41(29-31-42)40-26-24-39(25-27-40)38-14-5-4-6-15-38)44-33-35-49-50-19-13-23-54(57(50)61-56(49)37-44)59(3)52-21-11-8-17-46(52)47-18-9-12-22-53(47)59/h4-37H,1-3H3. The third-order valence-electron chi connectivity index (χ3n) is 13.8. The van der Waals surface area contributed by atoms with E-state index in [2.05, 4.69) is 232 Å². The van der Waals surface area contributed by atoms with Crippen LogP contribution in [0.1, 0.15) is 48.6 Å². The lowest BCUT2D eigenvalue weighted by Gasteiger charge is -2.28. The Morgan fingerprint density at radius 1 is 0.344 bits per heavy atom. The third-order valence-corrected chi connectivity index (χ3v) is 13.8. The number of rotatable bonds is 6. The Labute approximate surface area is 357 Å². The summed E-state index contributed by atoms with van der Waals surface area (Å²) in [7, 11) is 0. The molecule has 2 aliphatic carbocycles. The van der Waals surface area contributed by atoms with E-state index in [9.17, 15) is 0 Å². The molecule has 2 nitrogen and oxygen atoms in total. The van der Waals surface area contributed by atoms with E-state index in [1.807, 2.05) is 0 Å². The second kappa shape index (κ2) is 13.3. The smallest absolute Gasteiger partial charge is 0.139 e. The lowest BCUT2D eigenvalue weighted by molar-refractivity contribution is 0.638. The predicted octanol–water partition coefficient (Wildman–Crippen LogP) is 16.0. The molecule has 0 bridgehead atoms. The average molecular weight is 782 g/mol. The number of benzene rings is 9. The summed E-state index contributed by atoms with van der Waals surface area (Å²) in [6.07, 6.45) is 0. The van der Waals surface area contributed by atoms with Crippen LogP contribution in [0.5, 0.6) is 0 Å². The van der Waals surface area contributed by atoms with Gasteiger partial charge < -0.3 is 9.32 Å². The Hall–Kier alpha value is -7.42. The van der Waals surface area contributed by atoms with Crippen LogP contribution in [-0.4, -0.2) is 0 Å². The van der Waals surface area contributed by atoms with E-state index in [1.54, 1.807) is 0 Å². The Kier molecular flexibility index (Phi) is 7.74. The molecule has 12 rings (SSSR count). The van der Waals surface area contributed by atoms with Crippen LogP contribution in [0.4, 0.5) is 17.1 Å². The monoisotopic (exact) mass is 781 g/mol. The summed E-state index contributed by atoms with van der Waals surface area (Å²) in [6, 6.07) is 75.4. The highest BCUT2D eigenvalue weighted by Gasteiger charge is 2.42. The fourth-order valence-electron chi connectivity index (χ4n) is 10.6.